The summed E-state index contributed by atoms with van der Waals surface area (Å²) in [5.74, 6) is 2.61. The van der Waals surface area contributed by atoms with E-state index in [0.717, 1.165) is 23.9 Å². The SMILES string of the molecule is Cc1nc(C)n(CCS)n1. The van der Waals surface area contributed by atoms with Gasteiger partial charge in [-0.15, -0.1) is 0 Å². The fourth-order valence-electron chi connectivity index (χ4n) is 0.868. The van der Waals surface area contributed by atoms with E-state index in [1.54, 1.807) is 0 Å². The van der Waals surface area contributed by atoms with E-state index in [2.05, 4.69) is 22.7 Å². The second-order valence-electron chi connectivity index (χ2n) is 2.15. The van der Waals surface area contributed by atoms with Gasteiger partial charge in [-0.3, -0.25) is 0 Å². The van der Waals surface area contributed by atoms with Gasteiger partial charge in [0, 0.05) is 5.75 Å². The van der Waals surface area contributed by atoms with Gasteiger partial charge in [0.2, 0.25) is 0 Å². The van der Waals surface area contributed by atoms with E-state index in [-0.39, 0.29) is 0 Å². The monoisotopic (exact) mass is 157 g/mol. The van der Waals surface area contributed by atoms with Crippen molar-refractivity contribution in [3.8, 4) is 0 Å². The van der Waals surface area contributed by atoms with Crippen molar-refractivity contribution in [3.05, 3.63) is 11.6 Å². The molecule has 4 heteroatoms. The lowest BCUT2D eigenvalue weighted by molar-refractivity contribution is 0.638. The molecule has 0 aliphatic heterocycles. The fourth-order valence-corrected chi connectivity index (χ4v) is 1.06. The number of thiol groups is 1. The van der Waals surface area contributed by atoms with E-state index in [4.69, 9.17) is 0 Å². The van der Waals surface area contributed by atoms with Crippen molar-refractivity contribution in [3.63, 3.8) is 0 Å². The molecule has 56 valence electrons. The maximum Gasteiger partial charge on any atom is 0.147 e. The molecule has 0 atom stereocenters. The van der Waals surface area contributed by atoms with Crippen molar-refractivity contribution in [1.82, 2.24) is 14.8 Å². The van der Waals surface area contributed by atoms with E-state index in [1.165, 1.54) is 0 Å². The third-order valence-electron chi connectivity index (χ3n) is 1.27. The summed E-state index contributed by atoms with van der Waals surface area (Å²) in [7, 11) is 0. The van der Waals surface area contributed by atoms with Crippen LogP contribution in [0.25, 0.3) is 0 Å². The number of hydrogen-bond donors (Lipinski definition) is 1. The molecule has 1 heterocycles. The van der Waals surface area contributed by atoms with Gasteiger partial charge in [-0.2, -0.15) is 17.7 Å². The van der Waals surface area contributed by atoms with E-state index in [0.29, 0.717) is 0 Å². The number of rotatable bonds is 2. The van der Waals surface area contributed by atoms with E-state index >= 15 is 0 Å². The molecule has 3 nitrogen and oxygen atoms in total. The predicted octanol–water partition coefficient (Wildman–Crippen LogP) is 0.825. The molecule has 0 fully saturated rings. The first-order valence-corrected chi connectivity index (χ1v) is 3.86. The number of hydrogen-bond acceptors (Lipinski definition) is 3. The summed E-state index contributed by atoms with van der Waals surface area (Å²) in [4.78, 5) is 4.15. The van der Waals surface area contributed by atoms with Crippen LogP contribution in [-0.4, -0.2) is 20.5 Å². The fraction of sp³-hybridized carbons (Fsp3) is 0.667. The van der Waals surface area contributed by atoms with Crippen LogP contribution in [0.2, 0.25) is 0 Å². The van der Waals surface area contributed by atoms with Gasteiger partial charge in [0.05, 0.1) is 6.54 Å². The second kappa shape index (κ2) is 3.05. The highest BCUT2D eigenvalue weighted by atomic mass is 32.1. The molecule has 0 aliphatic rings. The molecule has 0 saturated heterocycles. The largest absolute Gasteiger partial charge is 0.249 e. The number of nitrogens with zero attached hydrogens (tertiary/aromatic N) is 3. The van der Waals surface area contributed by atoms with Gasteiger partial charge in [0.1, 0.15) is 11.6 Å². The Kier molecular flexibility index (Phi) is 2.32. The Morgan fingerprint density at radius 1 is 1.50 bits per heavy atom. The molecule has 0 N–H and O–H groups in total. The molecule has 0 spiro atoms. The third-order valence-corrected chi connectivity index (χ3v) is 1.47. The number of aromatic nitrogens is 3. The quantitative estimate of drug-likeness (QED) is 0.644. The van der Waals surface area contributed by atoms with Crippen molar-refractivity contribution >= 4 is 12.6 Å². The van der Waals surface area contributed by atoms with Gasteiger partial charge >= 0.3 is 0 Å². The normalized spacial score (nSPS) is 10.3. The lowest BCUT2D eigenvalue weighted by Crippen LogP contribution is -2.03. The van der Waals surface area contributed by atoms with Gasteiger partial charge < -0.3 is 0 Å². The van der Waals surface area contributed by atoms with Crippen LogP contribution in [0.3, 0.4) is 0 Å². The Labute approximate surface area is 65.9 Å². The van der Waals surface area contributed by atoms with E-state index in [1.807, 2.05) is 18.5 Å². The Balaban J connectivity index is 2.81. The van der Waals surface area contributed by atoms with Crippen molar-refractivity contribution in [2.45, 2.75) is 20.4 Å². The molecule has 1 aromatic rings. The van der Waals surface area contributed by atoms with Crippen molar-refractivity contribution < 1.29 is 0 Å². The third kappa shape index (κ3) is 1.50. The first-order valence-electron chi connectivity index (χ1n) is 3.23. The lowest BCUT2D eigenvalue weighted by atomic mass is 10.6. The van der Waals surface area contributed by atoms with E-state index in [9.17, 15) is 0 Å². The minimum Gasteiger partial charge on any atom is -0.249 e. The average molecular weight is 157 g/mol. The molecule has 0 aliphatic carbocycles. The molecule has 0 radical (unpaired) electrons. The molecule has 0 saturated carbocycles. The highest BCUT2D eigenvalue weighted by Gasteiger charge is 1.98. The van der Waals surface area contributed by atoms with Crippen molar-refractivity contribution in [2.75, 3.05) is 5.75 Å². The van der Waals surface area contributed by atoms with Gasteiger partial charge in [-0.25, -0.2) is 9.67 Å². The summed E-state index contributed by atoms with van der Waals surface area (Å²) < 4.78 is 1.86. The van der Waals surface area contributed by atoms with Gasteiger partial charge in [0.25, 0.3) is 0 Å². The summed E-state index contributed by atoms with van der Waals surface area (Å²) >= 11 is 4.10. The van der Waals surface area contributed by atoms with Gasteiger partial charge in [0.15, 0.2) is 0 Å². The summed E-state index contributed by atoms with van der Waals surface area (Å²) in [5, 5.41) is 4.16. The van der Waals surface area contributed by atoms with Crippen molar-refractivity contribution in [1.29, 1.82) is 0 Å². The molecule has 0 aromatic carbocycles. The Morgan fingerprint density at radius 3 is 2.60 bits per heavy atom. The molecular weight excluding hydrogens is 146 g/mol. The number of aryl methyl sites for hydroxylation is 3. The topological polar surface area (TPSA) is 30.7 Å². The molecule has 1 aromatic heterocycles. The zero-order valence-electron chi connectivity index (χ0n) is 6.20. The summed E-state index contributed by atoms with van der Waals surface area (Å²) in [5.41, 5.74) is 0. The smallest absolute Gasteiger partial charge is 0.147 e. The van der Waals surface area contributed by atoms with Crippen molar-refractivity contribution in [2.24, 2.45) is 0 Å². The minimum absolute atomic E-state index is 0.809. The maximum atomic E-state index is 4.16. The van der Waals surface area contributed by atoms with Crippen LogP contribution in [0, 0.1) is 13.8 Å². The Hall–Kier alpha value is -0.510. The minimum atomic E-state index is 0.809. The highest BCUT2D eigenvalue weighted by molar-refractivity contribution is 7.80. The lowest BCUT2D eigenvalue weighted by Gasteiger charge is -1.96. The zero-order valence-corrected chi connectivity index (χ0v) is 7.10. The van der Waals surface area contributed by atoms with Crippen LogP contribution in [0.4, 0.5) is 0 Å². The van der Waals surface area contributed by atoms with Crippen LogP contribution in [0.5, 0.6) is 0 Å². The Morgan fingerprint density at radius 2 is 2.20 bits per heavy atom. The van der Waals surface area contributed by atoms with E-state index < -0.39 is 0 Å². The average Bonchev–Trinajstić information content (AvgIpc) is 2.13. The van der Waals surface area contributed by atoms with Crippen LogP contribution < -0.4 is 0 Å². The van der Waals surface area contributed by atoms with Crippen LogP contribution in [-0.2, 0) is 6.54 Å². The Bertz CT molecular complexity index is 219. The predicted molar refractivity (Wildman–Crippen MR) is 43.3 cm³/mol. The maximum absolute atomic E-state index is 4.16. The molecule has 0 bridgehead atoms. The molecule has 0 unspecified atom stereocenters. The van der Waals surface area contributed by atoms with Crippen LogP contribution in [0.15, 0.2) is 0 Å². The first kappa shape index (κ1) is 7.60. The summed E-state index contributed by atoms with van der Waals surface area (Å²) in [6.45, 7) is 4.68. The summed E-state index contributed by atoms with van der Waals surface area (Å²) in [6.07, 6.45) is 0. The van der Waals surface area contributed by atoms with Gasteiger partial charge in [-0.05, 0) is 13.8 Å². The second-order valence-corrected chi connectivity index (χ2v) is 2.60. The summed E-state index contributed by atoms with van der Waals surface area (Å²) in [6, 6.07) is 0. The van der Waals surface area contributed by atoms with Crippen LogP contribution >= 0.6 is 12.6 Å². The standard InChI is InChI=1S/C6H11N3S/c1-5-7-6(2)9(8-5)3-4-10/h10H,3-4H2,1-2H3. The molecule has 10 heavy (non-hydrogen) atoms. The van der Waals surface area contributed by atoms with Crippen LogP contribution in [0.1, 0.15) is 11.6 Å². The molecular formula is C6H11N3S. The zero-order chi connectivity index (χ0) is 7.56. The van der Waals surface area contributed by atoms with Gasteiger partial charge in [-0.1, -0.05) is 0 Å². The highest BCUT2D eigenvalue weighted by Crippen LogP contribution is 1.95. The molecule has 1 rings (SSSR count). The first-order chi connectivity index (χ1) is 4.74. The molecule has 0 amide bonds.